The van der Waals surface area contributed by atoms with E-state index in [1.807, 2.05) is 6.92 Å². The highest BCUT2D eigenvalue weighted by molar-refractivity contribution is 9.10. The number of hydrogen-bond acceptors (Lipinski definition) is 3. The van der Waals surface area contributed by atoms with E-state index in [1.165, 1.54) is 0 Å². The smallest absolute Gasteiger partial charge is 0.264 e. The first kappa shape index (κ1) is 9.27. The van der Waals surface area contributed by atoms with E-state index >= 15 is 0 Å². The minimum absolute atomic E-state index is 0.244. The van der Waals surface area contributed by atoms with E-state index in [4.69, 9.17) is 9.52 Å². The molecule has 1 N–H and O–H groups in total. The molecule has 1 heterocycles. The third kappa shape index (κ3) is 1.65. The number of phenolic OH excluding ortho intramolecular Hbond substituents is 1. The van der Waals surface area contributed by atoms with Crippen LogP contribution in [0.1, 0.15) is 5.76 Å². The van der Waals surface area contributed by atoms with Crippen molar-refractivity contribution in [3.63, 3.8) is 0 Å². The molecule has 0 bridgehead atoms. The van der Waals surface area contributed by atoms with Gasteiger partial charge in [-0.3, -0.25) is 0 Å². The molecule has 72 valence electrons. The molecular weight excluding hydrogens is 246 g/mol. The number of hydrogen-bond donors (Lipinski definition) is 1. The Hall–Kier alpha value is -1.29. The van der Waals surface area contributed by atoms with Crippen molar-refractivity contribution in [2.75, 3.05) is 0 Å². The van der Waals surface area contributed by atoms with E-state index in [-0.39, 0.29) is 5.75 Å². The van der Waals surface area contributed by atoms with E-state index in [9.17, 15) is 0 Å². The van der Waals surface area contributed by atoms with Gasteiger partial charge in [-0.05, 0) is 31.2 Å². The second-order valence-corrected chi connectivity index (χ2v) is 3.60. The Morgan fingerprint density at radius 2 is 1.93 bits per heavy atom. The summed E-state index contributed by atoms with van der Waals surface area (Å²) in [5.74, 6) is 0.997. The lowest BCUT2D eigenvalue weighted by molar-refractivity contribution is 0.475. The van der Waals surface area contributed by atoms with Crippen molar-refractivity contribution in [3.8, 4) is 17.0 Å². The summed E-state index contributed by atoms with van der Waals surface area (Å²) < 4.78 is 5.24. The second-order valence-electron chi connectivity index (χ2n) is 2.92. The summed E-state index contributed by atoms with van der Waals surface area (Å²) in [5, 5.41) is 9.12. The van der Waals surface area contributed by atoms with Gasteiger partial charge in [0.1, 0.15) is 17.2 Å². The summed E-state index contributed by atoms with van der Waals surface area (Å²) in [6, 6.07) is 6.84. The monoisotopic (exact) mass is 253 g/mol. The van der Waals surface area contributed by atoms with Gasteiger partial charge >= 0.3 is 0 Å². The number of benzene rings is 1. The molecule has 3 nitrogen and oxygen atoms in total. The Bertz CT molecular complexity index is 448. The Morgan fingerprint density at radius 3 is 2.43 bits per heavy atom. The van der Waals surface area contributed by atoms with Crippen LogP contribution in [0.25, 0.3) is 11.3 Å². The minimum atomic E-state index is 0.244. The van der Waals surface area contributed by atoms with Crippen LogP contribution >= 0.6 is 15.9 Å². The van der Waals surface area contributed by atoms with Crippen molar-refractivity contribution in [2.24, 2.45) is 0 Å². The van der Waals surface area contributed by atoms with E-state index < -0.39 is 0 Å². The zero-order valence-electron chi connectivity index (χ0n) is 7.49. The lowest BCUT2D eigenvalue weighted by Gasteiger charge is -1.96. The standard InChI is InChI=1S/C10H8BrNO2/c1-6-9(12-10(11)14-6)7-2-4-8(13)5-3-7/h2-5,13H,1H3. The van der Waals surface area contributed by atoms with Crippen molar-refractivity contribution in [1.29, 1.82) is 0 Å². The average molecular weight is 254 g/mol. The molecule has 0 saturated heterocycles. The molecule has 0 fully saturated rings. The van der Waals surface area contributed by atoms with Gasteiger partial charge in [0.05, 0.1) is 0 Å². The van der Waals surface area contributed by atoms with Crippen LogP contribution < -0.4 is 0 Å². The molecular formula is C10H8BrNO2. The maximum atomic E-state index is 9.12. The summed E-state index contributed by atoms with van der Waals surface area (Å²) in [7, 11) is 0. The van der Waals surface area contributed by atoms with Gasteiger partial charge in [-0.15, -0.1) is 0 Å². The third-order valence-corrected chi connectivity index (χ3v) is 2.25. The molecule has 1 aromatic carbocycles. The van der Waals surface area contributed by atoms with Gasteiger partial charge < -0.3 is 9.52 Å². The van der Waals surface area contributed by atoms with E-state index in [1.54, 1.807) is 24.3 Å². The molecule has 4 heteroatoms. The average Bonchev–Trinajstić information content (AvgIpc) is 2.47. The van der Waals surface area contributed by atoms with E-state index in [2.05, 4.69) is 20.9 Å². The van der Waals surface area contributed by atoms with Gasteiger partial charge in [-0.2, -0.15) is 0 Å². The lowest BCUT2D eigenvalue weighted by Crippen LogP contribution is -1.79. The fraction of sp³-hybridized carbons (Fsp3) is 0.100. The van der Waals surface area contributed by atoms with Crippen LogP contribution in [0.2, 0.25) is 0 Å². The van der Waals surface area contributed by atoms with Gasteiger partial charge in [-0.1, -0.05) is 0 Å². The van der Waals surface area contributed by atoms with Crippen LogP contribution in [0, 0.1) is 6.92 Å². The summed E-state index contributed by atoms with van der Waals surface area (Å²) >= 11 is 3.17. The first-order valence-electron chi connectivity index (χ1n) is 4.09. The van der Waals surface area contributed by atoms with Crippen LogP contribution in [0.4, 0.5) is 0 Å². The lowest BCUT2D eigenvalue weighted by atomic mass is 10.1. The van der Waals surface area contributed by atoms with E-state index in [0.29, 0.717) is 4.80 Å². The molecule has 0 aliphatic carbocycles. The molecule has 0 unspecified atom stereocenters. The van der Waals surface area contributed by atoms with Crippen LogP contribution in [0.15, 0.2) is 33.5 Å². The summed E-state index contributed by atoms with van der Waals surface area (Å²) in [4.78, 5) is 4.65. The fourth-order valence-electron chi connectivity index (χ4n) is 1.25. The van der Waals surface area contributed by atoms with Gasteiger partial charge in [0.15, 0.2) is 0 Å². The topological polar surface area (TPSA) is 46.3 Å². The van der Waals surface area contributed by atoms with Crippen molar-refractivity contribution in [2.45, 2.75) is 6.92 Å². The van der Waals surface area contributed by atoms with Gasteiger partial charge in [0.25, 0.3) is 4.80 Å². The van der Waals surface area contributed by atoms with Gasteiger partial charge in [0, 0.05) is 21.5 Å². The molecule has 2 rings (SSSR count). The number of phenols is 1. The Balaban J connectivity index is 2.49. The number of aromatic nitrogens is 1. The Kier molecular flexibility index (Phi) is 2.29. The highest BCUT2D eigenvalue weighted by Gasteiger charge is 2.09. The Labute approximate surface area is 89.5 Å². The van der Waals surface area contributed by atoms with Gasteiger partial charge in [-0.25, -0.2) is 4.98 Å². The zero-order valence-corrected chi connectivity index (χ0v) is 9.08. The normalized spacial score (nSPS) is 10.4. The maximum Gasteiger partial charge on any atom is 0.264 e. The van der Waals surface area contributed by atoms with Crippen molar-refractivity contribution in [3.05, 3.63) is 34.8 Å². The van der Waals surface area contributed by atoms with Crippen LogP contribution in [0.5, 0.6) is 5.75 Å². The largest absolute Gasteiger partial charge is 0.508 e. The van der Waals surface area contributed by atoms with Crippen LogP contribution in [-0.4, -0.2) is 10.1 Å². The molecule has 0 aliphatic heterocycles. The van der Waals surface area contributed by atoms with Crippen molar-refractivity contribution in [1.82, 2.24) is 4.98 Å². The first-order chi connectivity index (χ1) is 6.66. The predicted octanol–water partition coefficient (Wildman–Crippen LogP) is 3.12. The maximum absolute atomic E-state index is 9.12. The highest BCUT2D eigenvalue weighted by atomic mass is 79.9. The molecule has 0 atom stereocenters. The number of halogens is 1. The second kappa shape index (κ2) is 3.46. The first-order valence-corrected chi connectivity index (χ1v) is 4.88. The van der Waals surface area contributed by atoms with Crippen molar-refractivity contribution >= 4 is 15.9 Å². The zero-order chi connectivity index (χ0) is 10.1. The fourth-order valence-corrected chi connectivity index (χ4v) is 1.67. The van der Waals surface area contributed by atoms with Gasteiger partial charge in [0.2, 0.25) is 0 Å². The molecule has 0 radical (unpaired) electrons. The highest BCUT2D eigenvalue weighted by Crippen LogP contribution is 2.26. The number of aryl methyl sites for hydroxylation is 1. The Morgan fingerprint density at radius 1 is 1.29 bits per heavy atom. The summed E-state index contributed by atoms with van der Waals surface area (Å²) in [6.07, 6.45) is 0. The predicted molar refractivity (Wildman–Crippen MR) is 56.0 cm³/mol. The molecule has 0 aliphatic rings. The molecule has 0 spiro atoms. The van der Waals surface area contributed by atoms with Crippen molar-refractivity contribution < 1.29 is 9.52 Å². The third-order valence-electron chi connectivity index (χ3n) is 1.91. The number of nitrogens with zero attached hydrogens (tertiary/aromatic N) is 1. The van der Waals surface area contributed by atoms with Crippen LogP contribution in [0.3, 0.4) is 0 Å². The molecule has 0 amide bonds. The van der Waals surface area contributed by atoms with Crippen LogP contribution in [-0.2, 0) is 0 Å². The molecule has 0 saturated carbocycles. The number of aromatic hydroxyl groups is 1. The molecule has 1 aromatic heterocycles. The minimum Gasteiger partial charge on any atom is -0.508 e. The summed E-state index contributed by atoms with van der Waals surface area (Å²) in [6.45, 7) is 1.85. The number of rotatable bonds is 1. The van der Waals surface area contributed by atoms with E-state index in [0.717, 1.165) is 17.0 Å². The quantitative estimate of drug-likeness (QED) is 0.850. The molecule has 14 heavy (non-hydrogen) atoms. The summed E-state index contributed by atoms with van der Waals surface area (Å²) in [5.41, 5.74) is 1.71. The SMILES string of the molecule is Cc1oc(Br)nc1-c1ccc(O)cc1. The molecule has 2 aromatic rings. The number of oxazole rings is 1.